The fourth-order valence-electron chi connectivity index (χ4n) is 4.68. The second kappa shape index (κ2) is 8.87. The first kappa shape index (κ1) is 21.4. The molecule has 2 aromatic carbocycles. The minimum atomic E-state index is 0.122. The Morgan fingerprint density at radius 3 is 2.54 bits per heavy atom. The average molecular weight is 479 g/mol. The van der Waals surface area contributed by atoms with E-state index in [9.17, 15) is 10.4 Å². The van der Waals surface area contributed by atoms with Crippen molar-refractivity contribution >= 4 is 28.1 Å². The molecule has 0 saturated carbocycles. The van der Waals surface area contributed by atoms with E-state index in [4.69, 9.17) is 4.98 Å². The summed E-state index contributed by atoms with van der Waals surface area (Å²) in [5, 5.41) is 34.4. The van der Waals surface area contributed by atoms with Crippen LogP contribution in [0.25, 0.3) is 44.0 Å². The van der Waals surface area contributed by atoms with Crippen molar-refractivity contribution in [2.45, 2.75) is 0 Å². The molecular formula is C27H22N6OS. The molecule has 0 aliphatic carbocycles. The number of nitrogens with one attached hydrogen (secondary N) is 2. The number of aromatic amines is 1. The molecule has 35 heavy (non-hydrogen) atoms. The third-order valence-electron chi connectivity index (χ3n) is 6.34. The zero-order valence-corrected chi connectivity index (χ0v) is 19.6. The monoisotopic (exact) mass is 478 g/mol. The molecule has 172 valence electrons. The van der Waals surface area contributed by atoms with E-state index >= 15 is 0 Å². The Labute approximate surface area is 206 Å². The number of benzene rings is 2. The standard InChI is InChI=1S/C27H22N6OS/c28-16-21-23(17-6-8-19(9-7-17)33-12-10-29-11-13-33)24-26(22-5-2-14-35-22)31-32-27(24)30-25(21)18-3-1-4-20(34)15-18/h1-9,14-15,29,34H,10-13H2,(H,30,31,32). The van der Waals surface area contributed by atoms with E-state index in [1.807, 2.05) is 23.6 Å². The molecule has 0 spiro atoms. The van der Waals surface area contributed by atoms with Gasteiger partial charge in [-0.2, -0.15) is 10.4 Å². The lowest BCUT2D eigenvalue weighted by atomic mass is 9.92. The van der Waals surface area contributed by atoms with Gasteiger partial charge in [-0.1, -0.05) is 30.3 Å². The molecule has 0 radical (unpaired) electrons. The van der Waals surface area contributed by atoms with Crippen LogP contribution in [0.5, 0.6) is 5.75 Å². The number of H-pyrrole nitrogens is 1. The van der Waals surface area contributed by atoms with Crippen molar-refractivity contribution < 1.29 is 5.11 Å². The Hall–Kier alpha value is -4.19. The first-order chi connectivity index (χ1) is 17.2. The highest BCUT2D eigenvalue weighted by molar-refractivity contribution is 7.13. The first-order valence-electron chi connectivity index (χ1n) is 11.4. The Kier molecular flexibility index (Phi) is 5.41. The predicted molar refractivity (Wildman–Crippen MR) is 140 cm³/mol. The molecule has 0 amide bonds. The van der Waals surface area contributed by atoms with E-state index in [1.165, 1.54) is 0 Å². The molecule has 0 bridgehead atoms. The second-order valence-corrected chi connectivity index (χ2v) is 9.38. The lowest BCUT2D eigenvalue weighted by Gasteiger charge is -2.29. The van der Waals surface area contributed by atoms with Crippen LogP contribution in [0, 0.1) is 11.3 Å². The molecule has 3 aromatic heterocycles. The average Bonchev–Trinajstić information content (AvgIpc) is 3.58. The molecule has 1 aliphatic rings. The van der Waals surface area contributed by atoms with Crippen LogP contribution in [0.1, 0.15) is 5.56 Å². The summed E-state index contributed by atoms with van der Waals surface area (Å²) in [6.45, 7) is 3.87. The van der Waals surface area contributed by atoms with Crippen molar-refractivity contribution in [2.75, 3.05) is 31.1 Å². The predicted octanol–water partition coefficient (Wildman–Crippen LogP) is 5.01. The fourth-order valence-corrected chi connectivity index (χ4v) is 5.40. The van der Waals surface area contributed by atoms with Crippen LogP contribution >= 0.6 is 11.3 Å². The Morgan fingerprint density at radius 2 is 1.83 bits per heavy atom. The molecule has 0 atom stereocenters. The quantitative estimate of drug-likeness (QED) is 0.336. The maximum atomic E-state index is 10.4. The maximum absolute atomic E-state index is 10.4. The normalized spacial score (nSPS) is 13.7. The van der Waals surface area contributed by atoms with Gasteiger partial charge in [0.15, 0.2) is 5.65 Å². The summed E-state index contributed by atoms with van der Waals surface area (Å²) < 4.78 is 0. The summed E-state index contributed by atoms with van der Waals surface area (Å²) in [7, 11) is 0. The smallest absolute Gasteiger partial charge is 0.182 e. The highest BCUT2D eigenvalue weighted by Gasteiger charge is 2.23. The van der Waals surface area contributed by atoms with Crippen molar-refractivity contribution in [2.24, 2.45) is 0 Å². The summed E-state index contributed by atoms with van der Waals surface area (Å²) in [6, 6.07) is 21.6. The summed E-state index contributed by atoms with van der Waals surface area (Å²) in [5.74, 6) is 0.122. The number of hydrogen-bond donors (Lipinski definition) is 3. The van der Waals surface area contributed by atoms with Gasteiger partial charge in [0.1, 0.15) is 11.8 Å². The first-order valence-corrected chi connectivity index (χ1v) is 12.3. The third kappa shape index (κ3) is 3.81. The molecule has 7 nitrogen and oxygen atoms in total. The molecule has 4 heterocycles. The number of aromatic hydroxyl groups is 1. The van der Waals surface area contributed by atoms with Gasteiger partial charge in [0, 0.05) is 43.0 Å². The molecule has 1 saturated heterocycles. The zero-order valence-electron chi connectivity index (χ0n) is 18.8. The van der Waals surface area contributed by atoms with Crippen molar-refractivity contribution in [3.8, 4) is 44.8 Å². The van der Waals surface area contributed by atoms with Gasteiger partial charge in [0.05, 0.1) is 27.2 Å². The van der Waals surface area contributed by atoms with E-state index in [1.54, 1.807) is 29.5 Å². The second-order valence-electron chi connectivity index (χ2n) is 8.43. The Morgan fingerprint density at radius 1 is 1.00 bits per heavy atom. The van der Waals surface area contributed by atoms with E-state index in [0.29, 0.717) is 22.5 Å². The number of hydrogen-bond acceptors (Lipinski definition) is 7. The Balaban J connectivity index is 1.60. The minimum Gasteiger partial charge on any atom is -0.508 e. The number of piperazine rings is 1. The van der Waals surface area contributed by atoms with E-state index in [-0.39, 0.29) is 5.75 Å². The van der Waals surface area contributed by atoms with Crippen LogP contribution in [0.2, 0.25) is 0 Å². The fraction of sp³-hybridized carbons (Fsp3) is 0.148. The van der Waals surface area contributed by atoms with E-state index in [2.05, 4.69) is 50.7 Å². The summed E-state index contributed by atoms with van der Waals surface area (Å²) >= 11 is 1.61. The number of anilines is 1. The van der Waals surface area contributed by atoms with Crippen LogP contribution in [-0.2, 0) is 0 Å². The van der Waals surface area contributed by atoms with Crippen LogP contribution in [-0.4, -0.2) is 46.5 Å². The van der Waals surface area contributed by atoms with Crippen molar-refractivity contribution in [3.05, 3.63) is 71.6 Å². The third-order valence-corrected chi connectivity index (χ3v) is 7.23. The van der Waals surface area contributed by atoms with Gasteiger partial charge in [0.25, 0.3) is 0 Å². The van der Waals surface area contributed by atoms with Gasteiger partial charge in [-0.25, -0.2) is 4.98 Å². The number of rotatable bonds is 4. The van der Waals surface area contributed by atoms with Gasteiger partial charge >= 0.3 is 0 Å². The number of fused-ring (bicyclic) bond motifs is 1. The molecule has 6 rings (SSSR count). The van der Waals surface area contributed by atoms with Gasteiger partial charge in [-0.15, -0.1) is 11.3 Å². The number of nitrogens with zero attached hydrogens (tertiary/aromatic N) is 4. The largest absolute Gasteiger partial charge is 0.508 e. The number of aromatic nitrogens is 3. The van der Waals surface area contributed by atoms with Gasteiger partial charge < -0.3 is 15.3 Å². The summed E-state index contributed by atoms with van der Waals surface area (Å²) in [6.07, 6.45) is 0. The molecular weight excluding hydrogens is 456 g/mol. The van der Waals surface area contributed by atoms with Crippen molar-refractivity contribution in [1.82, 2.24) is 20.5 Å². The lowest BCUT2D eigenvalue weighted by molar-refractivity contribution is 0.475. The molecule has 0 unspecified atom stereocenters. The topological polar surface area (TPSA) is 101 Å². The van der Waals surface area contributed by atoms with Crippen molar-refractivity contribution in [3.63, 3.8) is 0 Å². The maximum Gasteiger partial charge on any atom is 0.182 e. The van der Waals surface area contributed by atoms with Gasteiger partial charge in [-0.3, -0.25) is 5.10 Å². The molecule has 8 heteroatoms. The van der Waals surface area contributed by atoms with E-state index in [0.717, 1.165) is 59.0 Å². The lowest BCUT2D eigenvalue weighted by Crippen LogP contribution is -2.43. The van der Waals surface area contributed by atoms with Crippen LogP contribution < -0.4 is 10.2 Å². The number of thiophene rings is 1. The molecule has 3 N–H and O–H groups in total. The van der Waals surface area contributed by atoms with Crippen molar-refractivity contribution in [1.29, 1.82) is 5.26 Å². The van der Waals surface area contributed by atoms with Crippen LogP contribution in [0.4, 0.5) is 5.69 Å². The van der Waals surface area contributed by atoms with Crippen LogP contribution in [0.15, 0.2) is 66.0 Å². The number of phenols is 1. The summed E-state index contributed by atoms with van der Waals surface area (Å²) in [4.78, 5) is 8.17. The highest BCUT2D eigenvalue weighted by atomic mass is 32.1. The number of pyridine rings is 1. The van der Waals surface area contributed by atoms with Gasteiger partial charge in [-0.05, 0) is 41.3 Å². The number of phenolic OH excluding ortho intramolecular Hbond substituents is 1. The van der Waals surface area contributed by atoms with E-state index < -0.39 is 0 Å². The molecule has 5 aromatic rings. The summed E-state index contributed by atoms with van der Waals surface area (Å²) in [5.41, 5.74) is 5.89. The zero-order chi connectivity index (χ0) is 23.8. The Bertz CT molecular complexity index is 1540. The van der Waals surface area contributed by atoms with Crippen LogP contribution in [0.3, 0.4) is 0 Å². The minimum absolute atomic E-state index is 0.122. The highest BCUT2D eigenvalue weighted by Crippen LogP contribution is 2.41. The van der Waals surface area contributed by atoms with Gasteiger partial charge in [0.2, 0.25) is 0 Å². The SMILES string of the molecule is N#Cc1c(-c2cccc(O)c2)nc2n[nH]c(-c3cccs3)c2c1-c1ccc(N2CCNCC2)cc1. The molecule has 1 aliphatic heterocycles. The number of nitriles is 1. The molecule has 1 fully saturated rings.